The van der Waals surface area contributed by atoms with Crippen molar-refractivity contribution in [3.05, 3.63) is 35.9 Å². The Bertz CT molecular complexity index is 574. The van der Waals surface area contributed by atoms with Gasteiger partial charge < -0.3 is 14.6 Å². The number of epoxide rings is 1. The zero-order valence-electron chi connectivity index (χ0n) is 13.0. The lowest BCUT2D eigenvalue weighted by molar-refractivity contribution is -0.152. The fourth-order valence-electron chi connectivity index (χ4n) is 4.41. The molecule has 1 unspecified atom stereocenters. The maximum Gasteiger partial charge on any atom is 0.349 e. The number of hydrogen-bond donors (Lipinski definition) is 1. The molecule has 1 N–H and O–H groups in total. The lowest BCUT2D eigenvalue weighted by Crippen LogP contribution is -2.49. The fraction of sp³-hybridized carbons (Fsp3) is 0.647. The highest BCUT2D eigenvalue weighted by molar-refractivity contribution is 5.22. The van der Waals surface area contributed by atoms with Gasteiger partial charge in [0.1, 0.15) is 12.2 Å². The molecule has 4 heterocycles. The first-order chi connectivity index (χ1) is 11.2. The first kappa shape index (κ1) is 14.3. The van der Waals surface area contributed by atoms with E-state index >= 15 is 0 Å². The van der Waals surface area contributed by atoms with E-state index in [1.807, 2.05) is 30.3 Å². The van der Waals surface area contributed by atoms with Gasteiger partial charge in [0, 0.05) is 12.1 Å². The number of aliphatic hydroxyl groups excluding tert-OH is 1. The second kappa shape index (κ2) is 4.99. The molecule has 4 saturated heterocycles. The minimum atomic E-state index is -1.14. The molecule has 23 heavy (non-hydrogen) atoms. The summed E-state index contributed by atoms with van der Waals surface area (Å²) in [5.41, 5.74) is 0.953. The molecule has 4 fully saturated rings. The molecule has 6 heteroatoms. The van der Waals surface area contributed by atoms with Gasteiger partial charge in [-0.3, -0.25) is 4.90 Å². The summed E-state index contributed by atoms with van der Waals surface area (Å²) in [5.74, 6) is -1.48. The molecule has 0 aliphatic carbocycles. The Hall–Kier alpha value is -1.02. The van der Waals surface area contributed by atoms with Gasteiger partial charge >= 0.3 is 5.97 Å². The molecule has 0 spiro atoms. The molecule has 2 bridgehead atoms. The quantitative estimate of drug-likeness (QED) is 0.645. The predicted molar refractivity (Wildman–Crippen MR) is 79.3 cm³/mol. The molecule has 4 aliphatic heterocycles. The molecule has 5 rings (SSSR count). The molecule has 1 aromatic carbocycles. The van der Waals surface area contributed by atoms with Crippen molar-refractivity contribution in [2.45, 2.75) is 55.1 Å². The average molecular weight is 319 g/mol. The Morgan fingerprint density at radius 2 is 1.87 bits per heavy atom. The van der Waals surface area contributed by atoms with E-state index < -0.39 is 5.97 Å². The summed E-state index contributed by atoms with van der Waals surface area (Å²) in [6.45, 7) is -0.0855. The van der Waals surface area contributed by atoms with E-state index in [0.717, 1.165) is 18.4 Å². The summed E-state index contributed by atoms with van der Waals surface area (Å²) < 4.78 is 11.9. The number of morpholine rings is 1. The number of aliphatic hydroxyl groups is 1. The molecule has 124 valence electrons. The van der Waals surface area contributed by atoms with E-state index in [9.17, 15) is 5.11 Å². The fourth-order valence-corrected chi connectivity index (χ4v) is 4.41. The highest BCUT2D eigenvalue weighted by Crippen LogP contribution is 2.51. The third kappa shape index (κ3) is 2.17. The van der Waals surface area contributed by atoms with Gasteiger partial charge in [-0.05, 0) is 25.5 Å². The van der Waals surface area contributed by atoms with Crippen molar-refractivity contribution in [2.24, 2.45) is 0 Å². The van der Waals surface area contributed by atoms with Crippen LogP contribution >= 0.6 is 0 Å². The Kier molecular flexibility index (Phi) is 3.11. The molecular weight excluding hydrogens is 298 g/mol. The molecule has 1 aromatic rings. The maximum absolute atomic E-state index is 9.82. The van der Waals surface area contributed by atoms with Gasteiger partial charge in [-0.2, -0.15) is 9.78 Å². The highest BCUT2D eigenvalue weighted by atomic mass is 17.5. The van der Waals surface area contributed by atoms with E-state index in [2.05, 4.69) is 11.9 Å². The van der Waals surface area contributed by atoms with E-state index in [0.29, 0.717) is 24.3 Å². The summed E-state index contributed by atoms with van der Waals surface area (Å²) in [4.78, 5) is 12.9. The number of piperidine rings is 1. The predicted octanol–water partition coefficient (Wildman–Crippen LogP) is 1.01. The summed E-state index contributed by atoms with van der Waals surface area (Å²) in [6.07, 6.45) is 2.64. The van der Waals surface area contributed by atoms with E-state index in [1.54, 1.807) is 0 Å². The minimum Gasteiger partial charge on any atom is -0.395 e. The maximum atomic E-state index is 9.82. The lowest BCUT2D eigenvalue weighted by Gasteiger charge is -2.38. The lowest BCUT2D eigenvalue weighted by atomic mass is 9.96. The number of hydrogen-bond acceptors (Lipinski definition) is 6. The highest BCUT2D eigenvalue weighted by Gasteiger charge is 2.65. The van der Waals surface area contributed by atoms with Crippen LogP contribution < -0.4 is 0 Å². The summed E-state index contributed by atoms with van der Waals surface area (Å²) in [5, 5.41) is 9.82. The van der Waals surface area contributed by atoms with Crippen LogP contribution in [0.3, 0.4) is 0 Å². The van der Waals surface area contributed by atoms with Crippen LogP contribution in [0.4, 0.5) is 0 Å². The third-order valence-electron chi connectivity index (χ3n) is 5.76. The van der Waals surface area contributed by atoms with E-state index in [1.165, 1.54) is 0 Å². The van der Waals surface area contributed by atoms with Crippen LogP contribution in [0.2, 0.25) is 0 Å². The van der Waals surface area contributed by atoms with Crippen molar-refractivity contribution in [2.75, 3.05) is 13.7 Å². The van der Waals surface area contributed by atoms with E-state index in [-0.39, 0.29) is 18.6 Å². The van der Waals surface area contributed by atoms with Crippen LogP contribution in [0, 0.1) is 0 Å². The van der Waals surface area contributed by atoms with Crippen LogP contribution in [0.15, 0.2) is 30.3 Å². The standard InChI is InChI=1S/C17H21NO5/c1-18-13-7-11(8-14(18)16-15(13)20-16)21-17(22-23-17)12(9-19)10-5-3-2-4-6-10/h2-6,11-16,19H,7-9H2,1H3/t11?,12-,13-,14+,15-,16+/m1/s1. The van der Waals surface area contributed by atoms with Crippen LogP contribution in [0.1, 0.15) is 24.3 Å². The van der Waals surface area contributed by atoms with Crippen molar-refractivity contribution in [3.8, 4) is 0 Å². The Balaban J connectivity index is 1.32. The zero-order valence-corrected chi connectivity index (χ0v) is 13.0. The summed E-state index contributed by atoms with van der Waals surface area (Å²) >= 11 is 0. The summed E-state index contributed by atoms with van der Waals surface area (Å²) in [7, 11) is 2.17. The Morgan fingerprint density at radius 1 is 1.22 bits per heavy atom. The van der Waals surface area contributed by atoms with Gasteiger partial charge in [-0.1, -0.05) is 30.3 Å². The van der Waals surface area contributed by atoms with Crippen molar-refractivity contribution in [1.29, 1.82) is 0 Å². The molecular formula is C17H21NO5. The number of fused-ring (bicyclic) bond motifs is 5. The van der Waals surface area contributed by atoms with Gasteiger partial charge in [0.05, 0.1) is 18.6 Å². The Morgan fingerprint density at radius 3 is 2.43 bits per heavy atom. The number of likely N-dealkylation sites (N-methyl/N-ethyl adjacent to an activating group) is 1. The molecule has 0 saturated carbocycles. The van der Waals surface area contributed by atoms with Crippen molar-refractivity contribution in [3.63, 3.8) is 0 Å². The topological polar surface area (TPSA) is 70.3 Å². The van der Waals surface area contributed by atoms with Gasteiger partial charge in [0.25, 0.3) is 0 Å². The van der Waals surface area contributed by atoms with Gasteiger partial charge in [0.15, 0.2) is 0 Å². The molecule has 4 aliphatic rings. The molecule has 0 amide bonds. The zero-order chi connectivity index (χ0) is 15.6. The van der Waals surface area contributed by atoms with Crippen molar-refractivity contribution >= 4 is 0 Å². The first-order valence-corrected chi connectivity index (χ1v) is 8.30. The summed E-state index contributed by atoms with van der Waals surface area (Å²) in [6, 6.07) is 10.6. The second-order valence-corrected chi connectivity index (χ2v) is 6.99. The van der Waals surface area contributed by atoms with Gasteiger partial charge in [-0.25, -0.2) is 0 Å². The number of benzene rings is 1. The first-order valence-electron chi connectivity index (χ1n) is 8.30. The van der Waals surface area contributed by atoms with Crippen LogP contribution in [0.25, 0.3) is 0 Å². The molecule has 0 radical (unpaired) electrons. The smallest absolute Gasteiger partial charge is 0.349 e. The van der Waals surface area contributed by atoms with Crippen molar-refractivity contribution in [1.82, 2.24) is 4.90 Å². The molecule has 0 aromatic heterocycles. The van der Waals surface area contributed by atoms with Crippen LogP contribution in [0.5, 0.6) is 0 Å². The van der Waals surface area contributed by atoms with E-state index in [4.69, 9.17) is 19.2 Å². The van der Waals surface area contributed by atoms with Gasteiger partial charge in [0.2, 0.25) is 0 Å². The SMILES string of the molecule is CN1[C@@H]2CC(OC3([C@H](CO)c4ccccc4)OO3)C[C@H]1[C@@H]1O[C@@H]12. The van der Waals surface area contributed by atoms with Crippen molar-refractivity contribution < 1.29 is 24.4 Å². The number of nitrogens with zero attached hydrogens (tertiary/aromatic N) is 1. The number of ether oxygens (including phenoxy) is 2. The van der Waals surface area contributed by atoms with Crippen LogP contribution in [-0.2, 0) is 19.2 Å². The molecule has 6 nitrogen and oxygen atoms in total. The Labute approximate surface area is 134 Å². The third-order valence-corrected chi connectivity index (χ3v) is 5.76. The normalized spacial score (nSPS) is 41.4. The second-order valence-electron chi connectivity index (χ2n) is 6.99. The number of rotatable bonds is 5. The minimum absolute atomic E-state index is 0.0675. The largest absolute Gasteiger partial charge is 0.395 e. The van der Waals surface area contributed by atoms with Gasteiger partial charge in [-0.15, -0.1) is 0 Å². The average Bonchev–Trinajstić information content (AvgIpc) is 3.45. The monoisotopic (exact) mass is 319 g/mol. The van der Waals surface area contributed by atoms with Crippen LogP contribution in [-0.4, -0.2) is 60.0 Å². The molecule has 6 atom stereocenters.